The Morgan fingerprint density at radius 2 is 1.94 bits per heavy atom. The molecule has 2 aromatic rings. The monoisotopic (exact) mass is 430 g/mol. The summed E-state index contributed by atoms with van der Waals surface area (Å²) in [6.07, 6.45) is 0.408. The van der Waals surface area contributed by atoms with E-state index in [1.165, 1.54) is 5.56 Å². The van der Waals surface area contributed by atoms with Gasteiger partial charge >= 0.3 is 12.1 Å². The molecule has 2 heterocycles. The van der Waals surface area contributed by atoms with Gasteiger partial charge in [-0.3, -0.25) is 4.90 Å². The van der Waals surface area contributed by atoms with Crippen molar-refractivity contribution < 1.29 is 13.9 Å². The molecule has 1 unspecified atom stereocenters. The van der Waals surface area contributed by atoms with Crippen LogP contribution in [0.3, 0.4) is 0 Å². The van der Waals surface area contributed by atoms with Crippen molar-refractivity contribution in [1.29, 1.82) is 0 Å². The molecule has 0 saturated carbocycles. The molecule has 0 bridgehead atoms. The molecule has 1 fully saturated rings. The zero-order valence-corrected chi connectivity index (χ0v) is 19.1. The van der Waals surface area contributed by atoms with Crippen molar-refractivity contribution >= 4 is 17.8 Å². The van der Waals surface area contributed by atoms with E-state index in [4.69, 9.17) is 14.9 Å². The largest absolute Gasteiger partial charge is 0.447 e. The predicted octanol–water partition coefficient (Wildman–Crippen LogP) is 3.50. The van der Waals surface area contributed by atoms with Gasteiger partial charge in [0, 0.05) is 38.4 Å². The number of nitrogens with two attached hydrogens (primary N) is 1. The maximum atomic E-state index is 12.1. The molecule has 0 radical (unpaired) electrons. The molecule has 0 aliphatic carbocycles. The van der Waals surface area contributed by atoms with Crippen LogP contribution in [0.4, 0.5) is 16.5 Å². The first-order valence-corrected chi connectivity index (χ1v) is 10.9. The summed E-state index contributed by atoms with van der Waals surface area (Å²) >= 11 is 0. The fraction of sp³-hybridized carbons (Fsp3) is 0.591. The van der Waals surface area contributed by atoms with Crippen LogP contribution in [0.25, 0.3) is 0 Å². The molecule has 1 aromatic carbocycles. The first-order chi connectivity index (χ1) is 14.8. The molecule has 1 amide bonds. The Hall–Kier alpha value is -2.65. The van der Waals surface area contributed by atoms with Gasteiger partial charge in [0.1, 0.15) is 0 Å². The Bertz CT molecular complexity index is 889. The van der Waals surface area contributed by atoms with E-state index in [0.29, 0.717) is 25.0 Å². The number of rotatable bonds is 7. The summed E-state index contributed by atoms with van der Waals surface area (Å²) in [5.41, 5.74) is 10.4. The summed E-state index contributed by atoms with van der Waals surface area (Å²) in [5, 5.41) is 11.4. The zero-order chi connectivity index (χ0) is 22.5. The number of benzene rings is 1. The van der Waals surface area contributed by atoms with E-state index >= 15 is 0 Å². The Balaban J connectivity index is 1.65. The third-order valence-corrected chi connectivity index (χ3v) is 5.46. The highest BCUT2D eigenvalue weighted by Crippen LogP contribution is 2.27. The maximum Gasteiger partial charge on any atom is 0.410 e. The number of nitrogens with zero attached hydrogens (tertiary/aromatic N) is 4. The van der Waals surface area contributed by atoms with Gasteiger partial charge in [-0.25, -0.2) is 4.79 Å². The van der Waals surface area contributed by atoms with Gasteiger partial charge in [-0.2, -0.15) is 0 Å². The molecule has 170 valence electrons. The first kappa shape index (κ1) is 23.0. The lowest BCUT2D eigenvalue weighted by atomic mass is 10.0. The number of ether oxygens (including phenoxy) is 1. The van der Waals surface area contributed by atoms with E-state index in [-0.39, 0.29) is 18.2 Å². The molecular weight excluding hydrogens is 396 g/mol. The number of amides is 1. The van der Waals surface area contributed by atoms with Gasteiger partial charge in [0.15, 0.2) is 0 Å². The van der Waals surface area contributed by atoms with E-state index in [2.05, 4.69) is 46.4 Å². The number of carbonyl (C=O) groups is 1. The topological polar surface area (TPSA) is 110 Å². The number of aromatic nitrogens is 2. The molecule has 0 spiro atoms. The van der Waals surface area contributed by atoms with Crippen LogP contribution < -0.4 is 11.1 Å². The van der Waals surface area contributed by atoms with Crippen LogP contribution in [0.15, 0.2) is 16.5 Å². The lowest BCUT2D eigenvalue weighted by molar-refractivity contribution is 0.0559. The Morgan fingerprint density at radius 1 is 1.23 bits per heavy atom. The average Bonchev–Trinajstić information content (AvgIpc) is 3.19. The normalized spacial score (nSPS) is 15.9. The van der Waals surface area contributed by atoms with Crippen molar-refractivity contribution in [2.75, 3.05) is 31.5 Å². The Morgan fingerprint density at radius 3 is 2.58 bits per heavy atom. The Labute approximate surface area is 183 Å². The SMILES string of the molecule is CCC(N)c1nnc(Nc2cc(C)cc(CN3CCN(C(=O)OC(C)C)CC3)c2C)o1. The standard InChI is InChI=1S/C22H34N6O3/c1-6-18(23)20-25-26-21(31-20)24-19-12-15(4)11-17(16(19)5)13-27-7-9-28(10-8-27)22(29)30-14(2)3/h11-12,14,18H,6-10,13,23H2,1-5H3,(H,24,26). The van der Waals surface area contributed by atoms with Crippen molar-refractivity contribution in [3.05, 3.63) is 34.7 Å². The highest BCUT2D eigenvalue weighted by Gasteiger charge is 2.23. The Kier molecular flexibility index (Phi) is 7.50. The molecule has 1 aromatic heterocycles. The van der Waals surface area contributed by atoms with Crippen LogP contribution in [0.5, 0.6) is 0 Å². The van der Waals surface area contributed by atoms with Crippen molar-refractivity contribution in [3.8, 4) is 0 Å². The van der Waals surface area contributed by atoms with Gasteiger partial charge < -0.3 is 25.1 Å². The minimum Gasteiger partial charge on any atom is -0.447 e. The summed E-state index contributed by atoms with van der Waals surface area (Å²) in [6.45, 7) is 13.6. The quantitative estimate of drug-likeness (QED) is 0.687. The van der Waals surface area contributed by atoms with Crippen molar-refractivity contribution in [2.24, 2.45) is 5.73 Å². The maximum absolute atomic E-state index is 12.1. The summed E-state index contributed by atoms with van der Waals surface area (Å²) in [5.74, 6) is 0.435. The predicted molar refractivity (Wildman–Crippen MR) is 119 cm³/mol. The fourth-order valence-corrected chi connectivity index (χ4v) is 3.56. The molecule has 3 rings (SSSR count). The summed E-state index contributed by atoms with van der Waals surface area (Å²) in [7, 11) is 0. The summed E-state index contributed by atoms with van der Waals surface area (Å²) < 4.78 is 11.0. The van der Waals surface area contributed by atoms with Crippen LogP contribution in [0.2, 0.25) is 0 Å². The third-order valence-electron chi connectivity index (χ3n) is 5.46. The molecule has 1 aliphatic rings. The molecule has 9 heteroatoms. The fourth-order valence-electron chi connectivity index (χ4n) is 3.56. The summed E-state index contributed by atoms with van der Waals surface area (Å²) in [4.78, 5) is 16.2. The number of hydrogen-bond acceptors (Lipinski definition) is 8. The number of hydrogen-bond donors (Lipinski definition) is 2. The van der Waals surface area contributed by atoms with E-state index in [1.807, 2.05) is 20.8 Å². The number of piperazine rings is 1. The molecule has 9 nitrogen and oxygen atoms in total. The second-order valence-corrected chi connectivity index (χ2v) is 8.38. The van der Waals surface area contributed by atoms with E-state index in [9.17, 15) is 4.79 Å². The average molecular weight is 431 g/mol. The minimum atomic E-state index is -0.256. The van der Waals surface area contributed by atoms with Gasteiger partial charge in [0.2, 0.25) is 5.89 Å². The third kappa shape index (κ3) is 5.95. The summed E-state index contributed by atoms with van der Waals surface area (Å²) in [6, 6.07) is 4.36. The number of carbonyl (C=O) groups excluding carboxylic acids is 1. The van der Waals surface area contributed by atoms with Crippen LogP contribution >= 0.6 is 0 Å². The van der Waals surface area contributed by atoms with E-state index < -0.39 is 0 Å². The highest BCUT2D eigenvalue weighted by molar-refractivity contribution is 5.68. The second kappa shape index (κ2) is 10.1. The zero-order valence-electron chi connectivity index (χ0n) is 19.1. The number of aryl methyl sites for hydroxylation is 1. The second-order valence-electron chi connectivity index (χ2n) is 8.38. The highest BCUT2D eigenvalue weighted by atomic mass is 16.6. The smallest absolute Gasteiger partial charge is 0.410 e. The molecule has 1 saturated heterocycles. The molecule has 3 N–H and O–H groups in total. The van der Waals surface area contributed by atoms with Crippen molar-refractivity contribution in [2.45, 2.75) is 59.7 Å². The van der Waals surface area contributed by atoms with Gasteiger partial charge in [0.25, 0.3) is 0 Å². The lowest BCUT2D eigenvalue weighted by Gasteiger charge is -2.34. The van der Waals surface area contributed by atoms with E-state index in [1.54, 1.807) is 4.90 Å². The molecule has 1 aliphatic heterocycles. The lowest BCUT2D eigenvalue weighted by Crippen LogP contribution is -2.48. The van der Waals surface area contributed by atoms with Crippen molar-refractivity contribution in [3.63, 3.8) is 0 Å². The van der Waals surface area contributed by atoms with Gasteiger partial charge in [-0.15, -0.1) is 5.10 Å². The van der Waals surface area contributed by atoms with Crippen molar-refractivity contribution in [1.82, 2.24) is 20.0 Å². The first-order valence-electron chi connectivity index (χ1n) is 10.9. The molecule has 31 heavy (non-hydrogen) atoms. The number of nitrogens with one attached hydrogen (secondary N) is 1. The van der Waals surface area contributed by atoms with E-state index in [0.717, 1.165) is 42.9 Å². The van der Waals surface area contributed by atoms with Gasteiger partial charge in [-0.05, 0) is 56.9 Å². The minimum absolute atomic E-state index is 0.0981. The van der Waals surface area contributed by atoms with Crippen LogP contribution in [0.1, 0.15) is 55.8 Å². The van der Waals surface area contributed by atoms with Gasteiger partial charge in [-0.1, -0.05) is 18.1 Å². The van der Waals surface area contributed by atoms with Crippen LogP contribution in [-0.4, -0.2) is 58.4 Å². The van der Waals surface area contributed by atoms with Crippen LogP contribution in [0, 0.1) is 13.8 Å². The molecular formula is C22H34N6O3. The van der Waals surface area contributed by atoms with Gasteiger partial charge in [0.05, 0.1) is 12.1 Å². The number of anilines is 2. The molecule has 1 atom stereocenters. The van der Waals surface area contributed by atoms with Crippen LogP contribution in [-0.2, 0) is 11.3 Å².